The van der Waals surface area contributed by atoms with Gasteiger partial charge in [0.2, 0.25) is 0 Å². The van der Waals surface area contributed by atoms with Crippen LogP contribution in [0, 0.1) is 0 Å². The first-order valence-corrected chi connectivity index (χ1v) is 3.13. The molecule has 0 unspecified atom stereocenters. The van der Waals surface area contributed by atoms with Crippen molar-refractivity contribution in [2.24, 2.45) is 5.73 Å². The number of rotatable bonds is 1. The van der Waals surface area contributed by atoms with Gasteiger partial charge in [-0.3, -0.25) is 0 Å². The van der Waals surface area contributed by atoms with Crippen molar-refractivity contribution in [1.29, 1.82) is 0 Å². The van der Waals surface area contributed by atoms with Gasteiger partial charge < -0.3 is 10.5 Å². The Morgan fingerprint density at radius 2 is 2.40 bits per heavy atom. The third-order valence-electron chi connectivity index (χ3n) is 1.18. The molecule has 54 valence electrons. The Morgan fingerprint density at radius 3 is 2.90 bits per heavy atom. The Hall–Kier alpha value is -1.25. The molecule has 1 aliphatic carbocycles. The molecule has 10 heavy (non-hydrogen) atoms. The smallest absolute Gasteiger partial charge is 0.409 e. The fraction of sp³-hybridized carbons (Fsp3) is 0.286. The topological polar surface area (TPSA) is 52.3 Å². The minimum absolute atomic E-state index is 0.554. The number of hydrogen-bond donors (Lipinski definition) is 1. The Morgan fingerprint density at radius 1 is 1.60 bits per heavy atom. The van der Waals surface area contributed by atoms with E-state index in [4.69, 9.17) is 5.73 Å². The summed E-state index contributed by atoms with van der Waals surface area (Å²) in [5, 5.41) is 0. The van der Waals surface area contributed by atoms with Gasteiger partial charge in [-0.05, 0) is 25.0 Å². The summed E-state index contributed by atoms with van der Waals surface area (Å²) in [7, 11) is 0. The number of hydrogen-bond acceptors (Lipinski definition) is 2. The number of nitrogens with two attached hydrogens (primary N) is 1. The van der Waals surface area contributed by atoms with Crippen LogP contribution in [0.1, 0.15) is 12.8 Å². The van der Waals surface area contributed by atoms with Gasteiger partial charge in [0.15, 0.2) is 0 Å². The molecule has 0 spiro atoms. The van der Waals surface area contributed by atoms with E-state index < -0.39 is 6.09 Å². The molecule has 1 aliphatic rings. The van der Waals surface area contributed by atoms with E-state index >= 15 is 0 Å². The third-order valence-corrected chi connectivity index (χ3v) is 1.18. The van der Waals surface area contributed by atoms with Gasteiger partial charge in [-0.15, -0.1) is 0 Å². The van der Waals surface area contributed by atoms with Crippen LogP contribution in [0.2, 0.25) is 0 Å². The highest BCUT2D eigenvalue weighted by Crippen LogP contribution is 2.09. The van der Waals surface area contributed by atoms with Gasteiger partial charge in [0, 0.05) is 0 Å². The number of allylic oxidation sites excluding steroid dienone is 3. The first kappa shape index (κ1) is 6.86. The number of carbonyl (C=O) groups is 1. The van der Waals surface area contributed by atoms with Crippen molar-refractivity contribution in [2.45, 2.75) is 12.8 Å². The average molecular weight is 139 g/mol. The van der Waals surface area contributed by atoms with Crippen molar-refractivity contribution in [3.63, 3.8) is 0 Å². The molecule has 0 heterocycles. The molecule has 0 radical (unpaired) electrons. The summed E-state index contributed by atoms with van der Waals surface area (Å²) in [6, 6.07) is 0. The molecular formula is C7H9NO2. The van der Waals surface area contributed by atoms with E-state index in [9.17, 15) is 4.79 Å². The maximum Gasteiger partial charge on any atom is 0.409 e. The number of carbonyl (C=O) groups excluding carboxylic acids is 1. The van der Waals surface area contributed by atoms with Gasteiger partial charge in [0.05, 0.1) is 0 Å². The number of primary amides is 1. The van der Waals surface area contributed by atoms with Crippen LogP contribution in [0.4, 0.5) is 4.79 Å². The molecule has 0 aliphatic heterocycles. The Bertz CT molecular complexity index is 194. The van der Waals surface area contributed by atoms with Crippen molar-refractivity contribution in [3.8, 4) is 0 Å². The van der Waals surface area contributed by atoms with Crippen LogP contribution in [0.25, 0.3) is 0 Å². The Kier molecular flexibility index (Phi) is 2.10. The Balaban J connectivity index is 2.48. The molecule has 3 nitrogen and oxygen atoms in total. The molecule has 0 aromatic carbocycles. The normalized spacial score (nSPS) is 16.2. The summed E-state index contributed by atoms with van der Waals surface area (Å²) < 4.78 is 4.60. The number of amides is 1. The van der Waals surface area contributed by atoms with Gasteiger partial charge in [0.25, 0.3) is 0 Å². The molecule has 0 atom stereocenters. The molecule has 2 N–H and O–H groups in total. The van der Waals surface area contributed by atoms with Crippen LogP contribution in [0.15, 0.2) is 24.0 Å². The predicted molar refractivity (Wildman–Crippen MR) is 37.1 cm³/mol. The summed E-state index contributed by atoms with van der Waals surface area (Å²) >= 11 is 0. The second-order valence-electron chi connectivity index (χ2n) is 2.01. The first-order chi connectivity index (χ1) is 4.79. The largest absolute Gasteiger partial charge is 0.411 e. The molecule has 1 amide bonds. The second-order valence-corrected chi connectivity index (χ2v) is 2.01. The first-order valence-electron chi connectivity index (χ1n) is 3.13. The highest BCUT2D eigenvalue weighted by molar-refractivity contribution is 5.66. The van der Waals surface area contributed by atoms with Crippen molar-refractivity contribution in [1.82, 2.24) is 0 Å². The summed E-state index contributed by atoms with van der Waals surface area (Å²) in [4.78, 5) is 10.2. The molecule has 0 aromatic heterocycles. The molecule has 0 bridgehead atoms. The lowest BCUT2D eigenvalue weighted by molar-refractivity contribution is 0.189. The third kappa shape index (κ3) is 1.93. The van der Waals surface area contributed by atoms with Gasteiger partial charge >= 0.3 is 6.09 Å². The van der Waals surface area contributed by atoms with E-state index in [1.54, 1.807) is 6.08 Å². The van der Waals surface area contributed by atoms with Gasteiger partial charge in [-0.25, -0.2) is 4.79 Å². The fourth-order valence-electron chi connectivity index (χ4n) is 0.781. The maximum absolute atomic E-state index is 10.2. The quantitative estimate of drug-likeness (QED) is 0.595. The van der Waals surface area contributed by atoms with Crippen LogP contribution in [-0.4, -0.2) is 6.09 Å². The van der Waals surface area contributed by atoms with Crippen LogP contribution < -0.4 is 5.73 Å². The lowest BCUT2D eigenvalue weighted by atomic mass is 10.2. The van der Waals surface area contributed by atoms with Crippen molar-refractivity contribution in [3.05, 3.63) is 24.0 Å². The molecule has 0 fully saturated rings. The standard InChI is InChI=1S/C7H9NO2/c8-7(9)10-6-4-2-1-3-5-6/h2,4-5H,1,3H2,(H2,8,9). The second kappa shape index (κ2) is 3.06. The zero-order valence-corrected chi connectivity index (χ0v) is 5.54. The highest BCUT2D eigenvalue weighted by atomic mass is 16.5. The lowest BCUT2D eigenvalue weighted by Crippen LogP contribution is -2.12. The summed E-state index contributed by atoms with van der Waals surface area (Å²) in [6.07, 6.45) is 6.69. The van der Waals surface area contributed by atoms with Gasteiger partial charge in [0.1, 0.15) is 5.76 Å². The highest BCUT2D eigenvalue weighted by Gasteiger charge is 2.00. The molecule has 0 saturated heterocycles. The number of ether oxygens (including phenoxy) is 1. The van der Waals surface area contributed by atoms with Crippen LogP contribution >= 0.6 is 0 Å². The monoisotopic (exact) mass is 139 g/mol. The molecular weight excluding hydrogens is 130 g/mol. The van der Waals surface area contributed by atoms with E-state index in [2.05, 4.69) is 4.74 Å². The zero-order valence-electron chi connectivity index (χ0n) is 5.54. The molecule has 3 heteroatoms. The predicted octanol–water partition coefficient (Wildman–Crippen LogP) is 1.32. The van der Waals surface area contributed by atoms with Crippen molar-refractivity contribution >= 4 is 6.09 Å². The summed E-state index contributed by atoms with van der Waals surface area (Å²) in [6.45, 7) is 0. The van der Waals surface area contributed by atoms with Crippen molar-refractivity contribution in [2.75, 3.05) is 0 Å². The molecule has 1 rings (SSSR count). The van der Waals surface area contributed by atoms with E-state index in [1.807, 2.05) is 12.2 Å². The maximum atomic E-state index is 10.2. The molecule has 0 saturated carbocycles. The lowest BCUT2D eigenvalue weighted by Gasteiger charge is -2.04. The van der Waals surface area contributed by atoms with Crippen LogP contribution in [0.5, 0.6) is 0 Å². The van der Waals surface area contributed by atoms with Gasteiger partial charge in [-0.1, -0.05) is 6.08 Å². The van der Waals surface area contributed by atoms with E-state index in [0.717, 1.165) is 12.8 Å². The van der Waals surface area contributed by atoms with Crippen LogP contribution in [-0.2, 0) is 4.74 Å². The fourth-order valence-corrected chi connectivity index (χ4v) is 0.781. The zero-order chi connectivity index (χ0) is 7.40. The van der Waals surface area contributed by atoms with Crippen LogP contribution in [0.3, 0.4) is 0 Å². The van der Waals surface area contributed by atoms with E-state index in [-0.39, 0.29) is 0 Å². The van der Waals surface area contributed by atoms with E-state index in [1.165, 1.54) is 0 Å². The Labute approximate surface area is 59.2 Å². The summed E-state index contributed by atoms with van der Waals surface area (Å²) in [5.41, 5.74) is 4.79. The summed E-state index contributed by atoms with van der Waals surface area (Å²) in [5.74, 6) is 0.554. The SMILES string of the molecule is NC(=O)OC1=CCCC=C1. The van der Waals surface area contributed by atoms with E-state index in [0.29, 0.717) is 5.76 Å². The minimum atomic E-state index is -0.752. The van der Waals surface area contributed by atoms with Crippen molar-refractivity contribution < 1.29 is 9.53 Å². The minimum Gasteiger partial charge on any atom is -0.411 e. The van der Waals surface area contributed by atoms with Gasteiger partial charge in [-0.2, -0.15) is 0 Å². The molecule has 0 aromatic rings. The average Bonchev–Trinajstić information content (AvgIpc) is 1.88.